The van der Waals surface area contributed by atoms with Crippen LogP contribution >= 0.6 is 0 Å². The van der Waals surface area contributed by atoms with Crippen molar-refractivity contribution in [3.8, 4) is 0 Å². The number of aromatic nitrogens is 5. The minimum absolute atomic E-state index is 0.0783. The topological polar surface area (TPSA) is 127 Å². The Labute approximate surface area is 200 Å². The molecular weight excluding hydrogens is 460 g/mol. The molecule has 35 heavy (non-hydrogen) atoms. The first-order valence-electron chi connectivity index (χ1n) is 11.7. The van der Waals surface area contributed by atoms with Crippen LogP contribution in [0.15, 0.2) is 23.1 Å². The molecule has 0 spiro atoms. The number of rotatable bonds is 10. The molecule has 3 atom stereocenters. The van der Waals surface area contributed by atoms with Gasteiger partial charge in [-0.15, -0.1) is 0 Å². The molecule has 2 N–H and O–H groups in total. The van der Waals surface area contributed by atoms with Gasteiger partial charge in [-0.1, -0.05) is 25.4 Å². The van der Waals surface area contributed by atoms with Gasteiger partial charge in [0.05, 0.1) is 30.2 Å². The highest BCUT2D eigenvalue weighted by Crippen LogP contribution is 2.41. The number of aryl methyl sites for hydroxylation is 1. The van der Waals surface area contributed by atoms with E-state index in [0.717, 1.165) is 12.8 Å². The van der Waals surface area contributed by atoms with Crippen molar-refractivity contribution in [1.29, 1.82) is 0 Å². The molecule has 1 unspecified atom stereocenters. The van der Waals surface area contributed by atoms with Crippen LogP contribution in [0.1, 0.15) is 86.0 Å². The Morgan fingerprint density at radius 3 is 2.63 bits per heavy atom. The fourth-order valence-electron chi connectivity index (χ4n) is 3.89. The van der Waals surface area contributed by atoms with Gasteiger partial charge in [0, 0.05) is 6.42 Å². The third-order valence-corrected chi connectivity index (χ3v) is 6.39. The average molecular weight is 490 g/mol. The molecule has 3 heterocycles. The summed E-state index contributed by atoms with van der Waals surface area (Å²) < 4.78 is 35.1. The molecule has 0 aromatic carbocycles. The Morgan fingerprint density at radius 1 is 1.26 bits per heavy atom. The fraction of sp³-hybridized carbons (Fsp3) is 0.565. The highest BCUT2D eigenvalue weighted by atomic mass is 19.3. The van der Waals surface area contributed by atoms with E-state index in [4.69, 9.17) is 0 Å². The van der Waals surface area contributed by atoms with Crippen LogP contribution in [-0.4, -0.2) is 42.6 Å². The lowest BCUT2D eigenvalue weighted by Gasteiger charge is -2.24. The van der Waals surface area contributed by atoms with Gasteiger partial charge in [-0.25, -0.2) is 14.1 Å². The first-order valence-corrected chi connectivity index (χ1v) is 11.7. The van der Waals surface area contributed by atoms with E-state index in [1.807, 2.05) is 6.92 Å². The minimum atomic E-state index is -3.44. The first-order chi connectivity index (χ1) is 16.6. The number of hydrogen-bond donors (Lipinski definition) is 2. The number of amides is 2. The Hall–Kier alpha value is -3.44. The van der Waals surface area contributed by atoms with Crippen molar-refractivity contribution in [1.82, 2.24) is 35.5 Å². The van der Waals surface area contributed by atoms with Crippen LogP contribution in [0, 0.1) is 18.8 Å². The monoisotopic (exact) mass is 489 g/mol. The number of carbonyl (C=O) groups is 2. The summed E-state index contributed by atoms with van der Waals surface area (Å²) in [5.41, 5.74) is 2.10. The van der Waals surface area contributed by atoms with Crippen LogP contribution in [0.3, 0.4) is 0 Å². The van der Waals surface area contributed by atoms with Gasteiger partial charge in [0.2, 0.25) is 0 Å². The van der Waals surface area contributed by atoms with Crippen molar-refractivity contribution in [2.24, 2.45) is 11.8 Å². The zero-order valence-electron chi connectivity index (χ0n) is 20.1. The molecule has 1 fully saturated rings. The summed E-state index contributed by atoms with van der Waals surface area (Å²) in [6.07, 6.45) is 5.00. The van der Waals surface area contributed by atoms with Crippen LogP contribution in [0.5, 0.6) is 0 Å². The molecule has 3 aromatic rings. The highest BCUT2D eigenvalue weighted by molar-refractivity contribution is 5.93. The summed E-state index contributed by atoms with van der Waals surface area (Å²) >= 11 is 0. The number of carbonyl (C=O) groups excluding carboxylic acids is 2. The lowest BCUT2D eigenvalue weighted by Crippen LogP contribution is -2.43. The molecular formula is C23H29F2N7O3. The average Bonchev–Trinajstić information content (AvgIpc) is 3.41. The summed E-state index contributed by atoms with van der Waals surface area (Å²) in [6.45, 7) is 6.91. The van der Waals surface area contributed by atoms with Crippen molar-refractivity contribution >= 4 is 17.5 Å². The highest BCUT2D eigenvalue weighted by Gasteiger charge is 2.43. The molecule has 0 radical (unpaired) electrons. The number of imidazole rings is 1. The van der Waals surface area contributed by atoms with Gasteiger partial charge in [0.25, 0.3) is 11.8 Å². The minimum Gasteiger partial charge on any atom is -0.344 e. The zero-order chi connectivity index (χ0) is 25.3. The Morgan fingerprint density at radius 2 is 2.00 bits per heavy atom. The van der Waals surface area contributed by atoms with Crippen LogP contribution in [0.25, 0.3) is 5.65 Å². The van der Waals surface area contributed by atoms with E-state index in [0.29, 0.717) is 29.0 Å². The molecule has 1 saturated carbocycles. The number of halogens is 2. The quantitative estimate of drug-likeness (QED) is 0.446. The maximum atomic E-state index is 14.5. The molecule has 12 heteroatoms. The van der Waals surface area contributed by atoms with E-state index in [9.17, 15) is 18.4 Å². The number of fused-ring (bicyclic) bond motifs is 1. The Kier molecular flexibility index (Phi) is 6.82. The Balaban J connectivity index is 1.50. The fourth-order valence-corrected chi connectivity index (χ4v) is 3.89. The van der Waals surface area contributed by atoms with Crippen LogP contribution in [-0.2, 0) is 4.79 Å². The van der Waals surface area contributed by atoms with E-state index in [1.165, 1.54) is 4.52 Å². The van der Waals surface area contributed by atoms with Crippen molar-refractivity contribution < 1.29 is 23.0 Å². The smallest absolute Gasteiger partial charge is 0.324 e. The molecule has 0 bridgehead atoms. The lowest BCUT2D eigenvalue weighted by molar-refractivity contribution is -0.149. The predicted octanol–water partition coefficient (Wildman–Crippen LogP) is 3.55. The second kappa shape index (κ2) is 9.67. The molecule has 1 aliphatic carbocycles. The van der Waals surface area contributed by atoms with E-state index in [2.05, 4.69) is 35.7 Å². The van der Waals surface area contributed by atoms with Gasteiger partial charge in [-0.05, 0) is 55.3 Å². The lowest BCUT2D eigenvalue weighted by atomic mass is 9.98. The summed E-state index contributed by atoms with van der Waals surface area (Å²) in [5, 5.41) is 16.9. The van der Waals surface area contributed by atoms with E-state index in [1.54, 1.807) is 39.2 Å². The third-order valence-electron chi connectivity index (χ3n) is 6.39. The summed E-state index contributed by atoms with van der Waals surface area (Å²) in [7, 11) is 0. The molecule has 0 aliphatic heterocycles. The largest absolute Gasteiger partial charge is 0.344 e. The van der Waals surface area contributed by atoms with Crippen LogP contribution in [0.4, 0.5) is 8.78 Å². The van der Waals surface area contributed by atoms with Gasteiger partial charge >= 0.3 is 5.92 Å². The second-order valence-corrected chi connectivity index (χ2v) is 9.36. The summed E-state index contributed by atoms with van der Waals surface area (Å²) in [6, 6.07) is 0.692. The van der Waals surface area contributed by atoms with Crippen LogP contribution in [0.2, 0.25) is 0 Å². The van der Waals surface area contributed by atoms with Crippen molar-refractivity contribution in [2.75, 3.05) is 0 Å². The van der Waals surface area contributed by atoms with E-state index >= 15 is 0 Å². The van der Waals surface area contributed by atoms with Gasteiger partial charge in [0.15, 0.2) is 11.3 Å². The van der Waals surface area contributed by atoms with E-state index < -0.39 is 36.2 Å². The third kappa shape index (κ3) is 5.46. The van der Waals surface area contributed by atoms with Crippen LogP contribution < -0.4 is 10.6 Å². The normalized spacial score (nSPS) is 16.6. The zero-order valence-corrected chi connectivity index (χ0v) is 20.1. The van der Waals surface area contributed by atoms with E-state index in [-0.39, 0.29) is 17.5 Å². The molecule has 0 saturated heterocycles. The van der Waals surface area contributed by atoms with Crippen molar-refractivity contribution in [3.63, 3.8) is 0 Å². The number of alkyl halides is 2. The number of hydrogen-bond acceptors (Lipinski definition) is 7. The van der Waals surface area contributed by atoms with Gasteiger partial charge in [-0.2, -0.15) is 13.9 Å². The number of nitrogens with zero attached hydrogens (tertiary/aromatic N) is 5. The Bertz CT molecular complexity index is 1220. The molecule has 4 rings (SSSR count). The summed E-state index contributed by atoms with van der Waals surface area (Å²) in [4.78, 5) is 29.4. The summed E-state index contributed by atoms with van der Waals surface area (Å²) in [5.74, 6) is -5.33. The number of nitrogens with one attached hydrogen (secondary N) is 2. The standard InChI is InChI=1S/C23H29F2N7O3/c1-5-12(2)9-23(24,25)22(34)29-20(15-6-7-15)16-8-18-28-17(11-32(18)26-10-16)13(3)27-21(33)19-14(4)30-35-31-19/h8,10-13,15,20H,5-7,9H2,1-4H3,(H,27,33)(H,29,34)/t12?,13-,20+/m0/s1. The SMILES string of the molecule is CCC(C)CC(F)(F)C(=O)N[C@@H](c1cnn2cc([C@H](C)NC(=O)c3nonc3C)nc2c1)C1CC1. The molecule has 2 amide bonds. The molecule has 1 aliphatic rings. The second-order valence-electron chi connectivity index (χ2n) is 9.36. The van der Waals surface area contributed by atoms with Crippen molar-refractivity contribution in [2.45, 2.75) is 71.4 Å². The van der Waals surface area contributed by atoms with Gasteiger partial charge in [0.1, 0.15) is 5.69 Å². The first kappa shape index (κ1) is 24.7. The maximum absolute atomic E-state index is 14.5. The molecule has 3 aromatic heterocycles. The molecule has 10 nitrogen and oxygen atoms in total. The predicted molar refractivity (Wildman–Crippen MR) is 121 cm³/mol. The molecule has 188 valence electrons. The van der Waals surface area contributed by atoms with Gasteiger partial charge in [-0.3, -0.25) is 9.59 Å². The maximum Gasteiger partial charge on any atom is 0.324 e. The van der Waals surface area contributed by atoms with Gasteiger partial charge < -0.3 is 10.6 Å². The van der Waals surface area contributed by atoms with Crippen molar-refractivity contribution in [3.05, 3.63) is 41.1 Å².